The maximum atomic E-state index is 13.1. The number of nitrogens with zero attached hydrogens (tertiary/aromatic N) is 2. The fourth-order valence-corrected chi connectivity index (χ4v) is 2.58. The third-order valence-electron chi connectivity index (χ3n) is 4.31. The van der Waals surface area contributed by atoms with E-state index in [0.717, 1.165) is 5.56 Å². The molecule has 128 valence electrons. The molecule has 1 aliphatic rings. The van der Waals surface area contributed by atoms with Crippen LogP contribution < -0.4 is 0 Å². The largest absolute Gasteiger partial charge is 0.460 e. The summed E-state index contributed by atoms with van der Waals surface area (Å²) < 4.78 is 37.8. The van der Waals surface area contributed by atoms with Gasteiger partial charge in [-0.1, -0.05) is 30.3 Å². The Balaban J connectivity index is 1.72. The van der Waals surface area contributed by atoms with Gasteiger partial charge in [0.25, 0.3) is 6.43 Å². The van der Waals surface area contributed by atoms with E-state index in [1.54, 1.807) is 4.57 Å². The third kappa shape index (κ3) is 3.03. The first-order valence-electron chi connectivity index (χ1n) is 7.63. The molecular weight excluding hydrogens is 318 g/mol. The monoisotopic (exact) mass is 336 g/mol. The van der Waals surface area contributed by atoms with Gasteiger partial charge in [-0.05, 0) is 12.5 Å². The maximum Gasteiger partial charge on any atom is 0.356 e. The van der Waals surface area contributed by atoms with E-state index in [9.17, 15) is 13.6 Å². The minimum atomic E-state index is -2.59. The fourth-order valence-electron chi connectivity index (χ4n) is 2.58. The summed E-state index contributed by atoms with van der Waals surface area (Å²) in [7, 11) is 0. The average Bonchev–Trinajstić information content (AvgIpc) is 3.03. The molecule has 7 heteroatoms. The predicted octanol–water partition coefficient (Wildman–Crippen LogP) is 2.93. The molecule has 0 amide bonds. The molecule has 1 aliphatic heterocycles. The summed E-state index contributed by atoms with van der Waals surface area (Å²) in [5, 5.41) is 0. The minimum Gasteiger partial charge on any atom is -0.460 e. The molecule has 2 aromatic rings. The summed E-state index contributed by atoms with van der Waals surface area (Å²) in [5.74, 6) is -0.665. The number of alkyl halides is 2. The van der Waals surface area contributed by atoms with Gasteiger partial charge in [0.1, 0.15) is 17.7 Å². The molecule has 1 fully saturated rings. The third-order valence-corrected chi connectivity index (χ3v) is 4.31. The van der Waals surface area contributed by atoms with E-state index in [2.05, 4.69) is 4.98 Å². The molecule has 3 rings (SSSR count). The van der Waals surface area contributed by atoms with Crippen LogP contribution in [0.3, 0.4) is 0 Å². The lowest BCUT2D eigenvalue weighted by molar-refractivity contribution is -0.203. The molecule has 1 atom stereocenters. The van der Waals surface area contributed by atoms with Crippen molar-refractivity contribution in [3.63, 3.8) is 0 Å². The lowest BCUT2D eigenvalue weighted by atomic mass is 9.87. The zero-order valence-corrected chi connectivity index (χ0v) is 13.2. The van der Waals surface area contributed by atoms with Crippen molar-refractivity contribution in [1.29, 1.82) is 0 Å². The second-order valence-electron chi connectivity index (χ2n) is 6.00. The van der Waals surface area contributed by atoms with E-state index < -0.39 is 17.8 Å². The minimum absolute atomic E-state index is 0.0996. The highest BCUT2D eigenvalue weighted by molar-refractivity contribution is 5.87. The second kappa shape index (κ2) is 6.68. The molecule has 1 unspecified atom stereocenters. The van der Waals surface area contributed by atoms with Gasteiger partial charge in [-0.3, -0.25) is 0 Å². The van der Waals surface area contributed by atoms with Gasteiger partial charge in [0.2, 0.25) is 0 Å². The molecule has 0 aliphatic carbocycles. The summed E-state index contributed by atoms with van der Waals surface area (Å²) in [5.41, 5.74) is -0.150. The van der Waals surface area contributed by atoms with Crippen LogP contribution in [-0.4, -0.2) is 41.8 Å². The van der Waals surface area contributed by atoms with E-state index >= 15 is 0 Å². The normalized spacial score (nSPS) is 17.3. The topological polar surface area (TPSA) is 53.4 Å². The second-order valence-corrected chi connectivity index (χ2v) is 6.00. The van der Waals surface area contributed by atoms with Crippen molar-refractivity contribution < 1.29 is 23.0 Å². The number of aromatic nitrogens is 2. The summed E-state index contributed by atoms with van der Waals surface area (Å²) >= 11 is 0. The molecule has 0 spiro atoms. The predicted molar refractivity (Wildman–Crippen MR) is 82.0 cm³/mol. The smallest absolute Gasteiger partial charge is 0.356 e. The lowest BCUT2D eigenvalue weighted by Gasteiger charge is -2.39. The van der Waals surface area contributed by atoms with Crippen LogP contribution in [0.4, 0.5) is 8.78 Å². The van der Waals surface area contributed by atoms with Gasteiger partial charge in [0.05, 0.1) is 31.8 Å². The van der Waals surface area contributed by atoms with Gasteiger partial charge < -0.3 is 14.0 Å². The van der Waals surface area contributed by atoms with Crippen molar-refractivity contribution in [2.24, 2.45) is 5.41 Å². The Bertz CT molecular complexity index is 699. The average molecular weight is 336 g/mol. The van der Waals surface area contributed by atoms with E-state index in [0.29, 0.717) is 0 Å². The van der Waals surface area contributed by atoms with Crippen molar-refractivity contribution in [2.75, 3.05) is 19.8 Å². The van der Waals surface area contributed by atoms with Crippen molar-refractivity contribution >= 4 is 5.97 Å². The van der Waals surface area contributed by atoms with Crippen molar-refractivity contribution in [2.45, 2.75) is 19.4 Å². The first-order valence-corrected chi connectivity index (χ1v) is 7.63. The van der Waals surface area contributed by atoms with Crippen LogP contribution in [0.1, 0.15) is 29.0 Å². The molecule has 0 N–H and O–H groups in total. The number of imidazole rings is 1. The first-order chi connectivity index (χ1) is 11.5. The SMILES string of the molecule is CC(c1ccccc1)n1cncc1C(=O)OCC1(C(F)F)COC1. The van der Waals surface area contributed by atoms with E-state index in [1.165, 1.54) is 12.5 Å². The van der Waals surface area contributed by atoms with Crippen LogP contribution in [0.25, 0.3) is 0 Å². The quantitative estimate of drug-likeness (QED) is 0.761. The number of carbonyl (C=O) groups is 1. The maximum absolute atomic E-state index is 13.1. The first kappa shape index (κ1) is 16.6. The van der Waals surface area contributed by atoms with Gasteiger partial charge in [0, 0.05) is 0 Å². The molecule has 24 heavy (non-hydrogen) atoms. The number of esters is 1. The van der Waals surface area contributed by atoms with Gasteiger partial charge in [-0.25, -0.2) is 18.6 Å². The number of rotatable bonds is 6. The molecule has 0 radical (unpaired) electrons. The Kier molecular flexibility index (Phi) is 4.62. The van der Waals surface area contributed by atoms with Crippen LogP contribution in [0.15, 0.2) is 42.9 Å². The number of benzene rings is 1. The number of hydrogen-bond acceptors (Lipinski definition) is 4. The Morgan fingerprint density at radius 1 is 1.38 bits per heavy atom. The molecule has 0 bridgehead atoms. The van der Waals surface area contributed by atoms with Crippen LogP contribution in [-0.2, 0) is 9.47 Å². The van der Waals surface area contributed by atoms with E-state index in [-0.39, 0.29) is 31.6 Å². The zero-order valence-electron chi connectivity index (χ0n) is 13.2. The molecule has 1 aromatic carbocycles. The van der Waals surface area contributed by atoms with Crippen molar-refractivity contribution in [3.05, 3.63) is 54.1 Å². The number of ether oxygens (including phenoxy) is 2. The van der Waals surface area contributed by atoms with Gasteiger partial charge >= 0.3 is 5.97 Å². The van der Waals surface area contributed by atoms with Crippen molar-refractivity contribution in [3.8, 4) is 0 Å². The highest BCUT2D eigenvalue weighted by Gasteiger charge is 2.48. The Labute approximate surface area is 138 Å². The van der Waals surface area contributed by atoms with Crippen molar-refractivity contribution in [1.82, 2.24) is 9.55 Å². The van der Waals surface area contributed by atoms with Crippen LogP contribution in [0.2, 0.25) is 0 Å². The van der Waals surface area contributed by atoms with Gasteiger partial charge in [-0.2, -0.15) is 0 Å². The van der Waals surface area contributed by atoms with Crippen LogP contribution >= 0.6 is 0 Å². The molecule has 1 aromatic heterocycles. The Morgan fingerprint density at radius 3 is 2.67 bits per heavy atom. The highest BCUT2D eigenvalue weighted by atomic mass is 19.3. The molecule has 2 heterocycles. The summed E-state index contributed by atoms with van der Waals surface area (Å²) in [6, 6.07) is 9.47. The standard InChI is InChI=1S/C17H18F2N2O3/c1-12(13-5-3-2-4-6-13)21-11-20-7-14(21)15(22)24-10-17(16(18)19)8-23-9-17/h2-7,11-12,16H,8-10H2,1H3. The molecular formula is C17H18F2N2O3. The van der Waals surface area contributed by atoms with Crippen LogP contribution in [0.5, 0.6) is 0 Å². The zero-order chi connectivity index (χ0) is 17.2. The molecule has 0 saturated carbocycles. The van der Waals surface area contributed by atoms with E-state index in [1.807, 2.05) is 37.3 Å². The highest BCUT2D eigenvalue weighted by Crippen LogP contribution is 2.35. The number of carbonyl (C=O) groups excluding carboxylic acids is 1. The fraction of sp³-hybridized carbons (Fsp3) is 0.412. The van der Waals surface area contributed by atoms with E-state index in [4.69, 9.17) is 9.47 Å². The summed E-state index contributed by atoms with van der Waals surface area (Å²) in [6.07, 6.45) is 0.324. The lowest BCUT2D eigenvalue weighted by Crippen LogP contribution is -2.52. The molecule has 5 nitrogen and oxygen atoms in total. The number of hydrogen-bond donors (Lipinski definition) is 0. The molecule has 1 saturated heterocycles. The Hall–Kier alpha value is -2.28. The van der Waals surface area contributed by atoms with Gasteiger partial charge in [0.15, 0.2) is 0 Å². The van der Waals surface area contributed by atoms with Gasteiger partial charge in [-0.15, -0.1) is 0 Å². The summed E-state index contributed by atoms with van der Waals surface area (Å²) in [4.78, 5) is 16.3. The van der Waals surface area contributed by atoms with Crippen LogP contribution in [0, 0.1) is 5.41 Å². The number of halogens is 2. The Morgan fingerprint density at radius 2 is 2.08 bits per heavy atom. The summed E-state index contributed by atoms with van der Waals surface area (Å²) in [6.45, 7) is 1.36.